The van der Waals surface area contributed by atoms with Gasteiger partial charge in [-0.05, 0) is 87.3 Å². The number of carboxylic acids is 1. The zero-order chi connectivity index (χ0) is 24.9. The van der Waals surface area contributed by atoms with Crippen LogP contribution in [0.5, 0.6) is 11.5 Å². The summed E-state index contributed by atoms with van der Waals surface area (Å²) < 4.78 is 18.9. The minimum Gasteiger partial charge on any atom is -0.490 e. The molecule has 1 fully saturated rings. The predicted octanol–water partition coefficient (Wildman–Crippen LogP) is 7.25. The van der Waals surface area contributed by atoms with Crippen LogP contribution in [0, 0.1) is 6.92 Å². The highest BCUT2D eigenvalue weighted by atomic mass is 16.5. The second-order valence-corrected chi connectivity index (χ2v) is 9.69. The molecule has 0 radical (unpaired) electrons. The Kier molecular flexibility index (Phi) is 7.79. The molecule has 6 heteroatoms. The summed E-state index contributed by atoms with van der Waals surface area (Å²) in [5, 5.41) is 8.96. The van der Waals surface area contributed by atoms with Gasteiger partial charge in [-0.2, -0.15) is 0 Å². The summed E-state index contributed by atoms with van der Waals surface area (Å²) in [6, 6.07) is 13.7. The van der Waals surface area contributed by atoms with Crippen LogP contribution in [0.2, 0.25) is 0 Å². The first kappa shape index (κ1) is 24.8. The standard InChI is InChI=1S/C29H35NO5/c1-18(2)27-28(20(4)33-23-15-13-21(19(3)17-23)14-16-26(31)32)35-29(30-27)24-11-7-8-12-25(24)34-22-9-5-6-10-22/h7-8,11-13,15,17-18,20,22H,5-6,9-10,14,16H2,1-4H3,(H,31,32). The molecular weight excluding hydrogens is 442 g/mol. The number of aryl methyl sites for hydroxylation is 2. The van der Waals surface area contributed by atoms with Crippen LogP contribution >= 0.6 is 0 Å². The summed E-state index contributed by atoms with van der Waals surface area (Å²) in [6.07, 6.45) is 5.11. The highest BCUT2D eigenvalue weighted by Gasteiger charge is 2.26. The molecule has 0 bridgehead atoms. The maximum Gasteiger partial charge on any atom is 0.303 e. The van der Waals surface area contributed by atoms with Gasteiger partial charge in [0, 0.05) is 6.42 Å². The van der Waals surface area contributed by atoms with Crippen LogP contribution < -0.4 is 9.47 Å². The van der Waals surface area contributed by atoms with Crippen LogP contribution in [0.15, 0.2) is 46.9 Å². The van der Waals surface area contributed by atoms with E-state index in [-0.39, 0.29) is 24.5 Å². The van der Waals surface area contributed by atoms with Crippen LogP contribution in [0.4, 0.5) is 0 Å². The Balaban J connectivity index is 1.57. The highest BCUT2D eigenvalue weighted by molar-refractivity contribution is 5.67. The number of rotatable bonds is 10. The molecule has 1 aromatic heterocycles. The van der Waals surface area contributed by atoms with Gasteiger partial charge in [0.15, 0.2) is 11.9 Å². The maximum atomic E-state index is 10.9. The highest BCUT2D eigenvalue weighted by Crippen LogP contribution is 2.37. The number of aliphatic carboxylic acids is 1. The Morgan fingerprint density at radius 3 is 2.57 bits per heavy atom. The van der Waals surface area contributed by atoms with Gasteiger partial charge in [-0.25, -0.2) is 4.98 Å². The van der Waals surface area contributed by atoms with E-state index < -0.39 is 5.97 Å². The predicted molar refractivity (Wildman–Crippen MR) is 135 cm³/mol. The van der Waals surface area contributed by atoms with Crippen LogP contribution in [0.25, 0.3) is 11.5 Å². The van der Waals surface area contributed by atoms with E-state index in [1.807, 2.05) is 56.3 Å². The van der Waals surface area contributed by atoms with Crippen molar-refractivity contribution in [1.82, 2.24) is 4.98 Å². The molecule has 186 valence electrons. The summed E-state index contributed by atoms with van der Waals surface area (Å²) in [6.45, 7) is 8.13. The fourth-order valence-corrected chi connectivity index (χ4v) is 4.62. The van der Waals surface area contributed by atoms with E-state index in [4.69, 9.17) is 24.0 Å². The Bertz CT molecular complexity index is 1160. The van der Waals surface area contributed by atoms with Crippen molar-refractivity contribution in [3.05, 3.63) is 65.0 Å². The van der Waals surface area contributed by atoms with Crippen molar-refractivity contribution in [3.8, 4) is 23.0 Å². The van der Waals surface area contributed by atoms with Crippen molar-refractivity contribution >= 4 is 5.97 Å². The molecule has 1 aliphatic rings. The van der Waals surface area contributed by atoms with Gasteiger partial charge in [0.2, 0.25) is 5.89 Å². The minimum absolute atomic E-state index is 0.113. The molecule has 0 spiro atoms. The monoisotopic (exact) mass is 477 g/mol. The third-order valence-corrected chi connectivity index (χ3v) is 6.55. The summed E-state index contributed by atoms with van der Waals surface area (Å²) >= 11 is 0. The van der Waals surface area contributed by atoms with E-state index in [0.717, 1.165) is 41.0 Å². The zero-order valence-corrected chi connectivity index (χ0v) is 21.0. The lowest BCUT2D eigenvalue weighted by atomic mass is 10.0. The number of oxazole rings is 1. The maximum absolute atomic E-state index is 10.9. The topological polar surface area (TPSA) is 81.8 Å². The fourth-order valence-electron chi connectivity index (χ4n) is 4.62. The largest absolute Gasteiger partial charge is 0.490 e. The van der Waals surface area contributed by atoms with Crippen molar-refractivity contribution in [2.75, 3.05) is 0 Å². The van der Waals surface area contributed by atoms with Gasteiger partial charge in [0.25, 0.3) is 0 Å². The smallest absolute Gasteiger partial charge is 0.303 e. The molecule has 3 aromatic rings. The average Bonchev–Trinajstić information content (AvgIpc) is 3.49. The number of ether oxygens (including phenoxy) is 2. The summed E-state index contributed by atoms with van der Waals surface area (Å²) in [7, 11) is 0. The van der Waals surface area contributed by atoms with Crippen LogP contribution in [-0.2, 0) is 11.2 Å². The zero-order valence-electron chi connectivity index (χ0n) is 21.0. The van der Waals surface area contributed by atoms with E-state index in [2.05, 4.69) is 13.8 Å². The van der Waals surface area contributed by atoms with Gasteiger partial charge in [-0.15, -0.1) is 0 Å². The first-order valence-corrected chi connectivity index (χ1v) is 12.6. The summed E-state index contributed by atoms with van der Waals surface area (Å²) in [5.41, 5.74) is 3.75. The minimum atomic E-state index is -0.795. The van der Waals surface area contributed by atoms with Crippen molar-refractivity contribution in [1.29, 1.82) is 0 Å². The van der Waals surface area contributed by atoms with Gasteiger partial charge in [-0.3, -0.25) is 4.79 Å². The molecule has 1 unspecified atom stereocenters. The number of nitrogens with zero attached hydrogens (tertiary/aromatic N) is 1. The second kappa shape index (κ2) is 11.0. The van der Waals surface area contributed by atoms with Gasteiger partial charge < -0.3 is 19.0 Å². The lowest BCUT2D eigenvalue weighted by Crippen LogP contribution is -2.11. The van der Waals surface area contributed by atoms with Gasteiger partial charge in [0.05, 0.1) is 17.4 Å². The van der Waals surface area contributed by atoms with E-state index in [0.29, 0.717) is 23.8 Å². The fraction of sp³-hybridized carbons (Fsp3) is 0.448. The van der Waals surface area contributed by atoms with E-state index in [1.165, 1.54) is 12.8 Å². The third kappa shape index (κ3) is 6.05. The number of aromatic nitrogens is 1. The van der Waals surface area contributed by atoms with Gasteiger partial charge in [0.1, 0.15) is 11.5 Å². The second-order valence-electron chi connectivity index (χ2n) is 9.69. The van der Waals surface area contributed by atoms with Gasteiger partial charge in [-0.1, -0.05) is 32.0 Å². The Hall–Kier alpha value is -3.28. The van der Waals surface area contributed by atoms with E-state index >= 15 is 0 Å². The number of carboxylic acid groups (broad SMARTS) is 1. The SMILES string of the molecule is Cc1cc(OC(C)c2oc(-c3ccccc3OC3CCCC3)nc2C(C)C)ccc1CCC(=O)O. The van der Waals surface area contributed by atoms with Crippen LogP contribution in [0.1, 0.15) is 87.5 Å². The Morgan fingerprint density at radius 1 is 1.14 bits per heavy atom. The van der Waals surface area contributed by atoms with E-state index in [1.54, 1.807) is 0 Å². The molecule has 35 heavy (non-hydrogen) atoms. The number of para-hydroxylation sites is 1. The number of hydrogen-bond acceptors (Lipinski definition) is 5. The van der Waals surface area contributed by atoms with Crippen molar-refractivity contribution in [3.63, 3.8) is 0 Å². The Labute approximate surface area is 207 Å². The molecule has 2 aromatic carbocycles. The van der Waals surface area contributed by atoms with Crippen LogP contribution in [0.3, 0.4) is 0 Å². The first-order chi connectivity index (χ1) is 16.8. The van der Waals surface area contributed by atoms with E-state index in [9.17, 15) is 4.79 Å². The molecule has 1 atom stereocenters. The molecule has 6 nitrogen and oxygen atoms in total. The Morgan fingerprint density at radius 2 is 1.89 bits per heavy atom. The molecule has 0 saturated heterocycles. The number of hydrogen-bond donors (Lipinski definition) is 1. The molecule has 0 aliphatic heterocycles. The molecular formula is C29H35NO5. The third-order valence-electron chi connectivity index (χ3n) is 6.55. The average molecular weight is 478 g/mol. The van der Waals surface area contributed by atoms with Crippen molar-refractivity contribution < 1.29 is 23.8 Å². The summed E-state index contributed by atoms with van der Waals surface area (Å²) in [4.78, 5) is 15.8. The molecule has 0 amide bonds. The molecule has 1 aliphatic carbocycles. The normalized spacial score (nSPS) is 14.9. The summed E-state index contributed by atoms with van der Waals surface area (Å²) in [5.74, 6) is 2.15. The lowest BCUT2D eigenvalue weighted by molar-refractivity contribution is -0.136. The quantitative estimate of drug-likeness (QED) is 0.331. The molecule has 1 N–H and O–H groups in total. The molecule has 1 saturated carbocycles. The molecule has 1 heterocycles. The van der Waals surface area contributed by atoms with Gasteiger partial charge >= 0.3 is 5.97 Å². The van der Waals surface area contributed by atoms with Crippen molar-refractivity contribution in [2.45, 2.75) is 84.3 Å². The first-order valence-electron chi connectivity index (χ1n) is 12.6. The van der Waals surface area contributed by atoms with Crippen molar-refractivity contribution in [2.24, 2.45) is 0 Å². The molecule has 4 rings (SSSR count). The number of carbonyl (C=O) groups is 1. The number of benzene rings is 2. The van der Waals surface area contributed by atoms with Crippen LogP contribution in [-0.4, -0.2) is 22.2 Å². The lowest BCUT2D eigenvalue weighted by Gasteiger charge is -2.16.